The maximum Gasteiger partial charge on any atom is 0.254 e. The second-order valence-electron chi connectivity index (χ2n) is 8.56. The SMILES string of the molecule is CCc1cnc(N)c(OC(C)c2cc(F)ccc2C(=O)N(C)Cc2cn(CC(C)C)nn2)c1. The molecule has 33 heavy (non-hydrogen) atoms. The van der Waals surface area contributed by atoms with Crippen LogP contribution in [-0.4, -0.2) is 37.8 Å². The molecule has 0 saturated carbocycles. The van der Waals surface area contributed by atoms with Gasteiger partial charge < -0.3 is 15.4 Å². The van der Waals surface area contributed by atoms with Crippen molar-refractivity contribution >= 4 is 11.7 Å². The summed E-state index contributed by atoms with van der Waals surface area (Å²) in [6, 6.07) is 5.87. The minimum absolute atomic E-state index is 0.241. The summed E-state index contributed by atoms with van der Waals surface area (Å²) in [6.45, 7) is 8.97. The summed E-state index contributed by atoms with van der Waals surface area (Å²) in [5.41, 5.74) is 8.38. The highest BCUT2D eigenvalue weighted by molar-refractivity contribution is 5.95. The number of pyridine rings is 1. The maximum atomic E-state index is 14.1. The molecule has 3 rings (SSSR count). The van der Waals surface area contributed by atoms with Crippen LogP contribution in [0.1, 0.15) is 61.0 Å². The highest BCUT2D eigenvalue weighted by Gasteiger charge is 2.22. The Labute approximate surface area is 193 Å². The van der Waals surface area contributed by atoms with Crippen LogP contribution in [0.4, 0.5) is 10.2 Å². The van der Waals surface area contributed by atoms with Gasteiger partial charge in [0, 0.05) is 30.9 Å². The van der Waals surface area contributed by atoms with Crippen LogP contribution in [0, 0.1) is 11.7 Å². The highest BCUT2D eigenvalue weighted by Crippen LogP contribution is 2.29. The lowest BCUT2D eigenvalue weighted by atomic mass is 10.0. The number of aromatic nitrogens is 4. The molecule has 0 radical (unpaired) electrons. The zero-order chi connectivity index (χ0) is 24.1. The fourth-order valence-corrected chi connectivity index (χ4v) is 3.50. The molecule has 0 saturated heterocycles. The van der Waals surface area contributed by atoms with Gasteiger partial charge in [0.25, 0.3) is 5.91 Å². The highest BCUT2D eigenvalue weighted by atomic mass is 19.1. The molecular weight excluding hydrogens is 423 g/mol. The summed E-state index contributed by atoms with van der Waals surface area (Å²) in [4.78, 5) is 18.9. The third kappa shape index (κ3) is 6.06. The summed E-state index contributed by atoms with van der Waals surface area (Å²) < 4.78 is 21.9. The molecule has 2 aromatic heterocycles. The van der Waals surface area contributed by atoms with E-state index in [1.165, 1.54) is 23.1 Å². The molecule has 8 nitrogen and oxygen atoms in total. The first kappa shape index (κ1) is 24.2. The zero-order valence-corrected chi connectivity index (χ0v) is 19.7. The van der Waals surface area contributed by atoms with Crippen LogP contribution < -0.4 is 10.5 Å². The number of benzene rings is 1. The number of nitrogen functional groups attached to an aromatic ring is 1. The van der Waals surface area contributed by atoms with Crippen LogP contribution in [0.15, 0.2) is 36.7 Å². The molecule has 0 fully saturated rings. The molecule has 3 aromatic rings. The summed E-state index contributed by atoms with van der Waals surface area (Å²) in [5, 5.41) is 8.26. The number of hydrogen-bond donors (Lipinski definition) is 1. The number of anilines is 1. The lowest BCUT2D eigenvalue weighted by molar-refractivity contribution is 0.0778. The van der Waals surface area contributed by atoms with Crippen molar-refractivity contribution in [1.82, 2.24) is 24.9 Å². The van der Waals surface area contributed by atoms with Gasteiger partial charge in [-0.15, -0.1) is 5.10 Å². The van der Waals surface area contributed by atoms with E-state index in [0.29, 0.717) is 28.5 Å². The first-order chi connectivity index (χ1) is 15.7. The predicted octanol–water partition coefficient (Wildman–Crippen LogP) is 4.03. The summed E-state index contributed by atoms with van der Waals surface area (Å²) >= 11 is 0. The van der Waals surface area contributed by atoms with Gasteiger partial charge in [0.2, 0.25) is 0 Å². The van der Waals surface area contributed by atoms with E-state index in [1.807, 2.05) is 19.2 Å². The molecule has 1 amide bonds. The number of halogens is 1. The molecular formula is C24H31FN6O2. The Morgan fingerprint density at radius 1 is 1.27 bits per heavy atom. The van der Waals surface area contributed by atoms with Crippen LogP contribution >= 0.6 is 0 Å². The number of rotatable bonds is 9. The van der Waals surface area contributed by atoms with Crippen molar-refractivity contribution in [3.05, 3.63) is 64.9 Å². The van der Waals surface area contributed by atoms with Crippen molar-refractivity contribution in [1.29, 1.82) is 0 Å². The van der Waals surface area contributed by atoms with Gasteiger partial charge in [-0.2, -0.15) is 0 Å². The lowest BCUT2D eigenvalue weighted by Gasteiger charge is -2.22. The first-order valence-electron chi connectivity index (χ1n) is 11.0. The second kappa shape index (κ2) is 10.4. The minimum Gasteiger partial charge on any atom is -0.482 e. The molecule has 2 heterocycles. The van der Waals surface area contributed by atoms with E-state index in [9.17, 15) is 9.18 Å². The van der Waals surface area contributed by atoms with Crippen molar-refractivity contribution in [2.75, 3.05) is 12.8 Å². The molecule has 0 spiro atoms. The minimum atomic E-state index is -0.629. The number of carbonyl (C=O) groups excluding carboxylic acids is 1. The maximum absolute atomic E-state index is 14.1. The Morgan fingerprint density at radius 2 is 2.03 bits per heavy atom. The normalized spacial score (nSPS) is 12.1. The Morgan fingerprint density at radius 3 is 2.73 bits per heavy atom. The monoisotopic (exact) mass is 454 g/mol. The Kier molecular flexibility index (Phi) is 7.63. The number of amides is 1. The zero-order valence-electron chi connectivity index (χ0n) is 19.7. The van der Waals surface area contributed by atoms with Gasteiger partial charge in [-0.05, 0) is 49.1 Å². The number of carbonyl (C=O) groups is 1. The van der Waals surface area contributed by atoms with Crippen LogP contribution in [0.5, 0.6) is 5.75 Å². The third-order valence-electron chi connectivity index (χ3n) is 5.22. The van der Waals surface area contributed by atoms with E-state index in [-0.39, 0.29) is 18.3 Å². The summed E-state index contributed by atoms with van der Waals surface area (Å²) in [6.07, 6.45) is 3.67. The van der Waals surface area contributed by atoms with E-state index >= 15 is 0 Å². The Hall–Kier alpha value is -3.49. The van der Waals surface area contributed by atoms with Gasteiger partial charge in [-0.1, -0.05) is 26.0 Å². The van der Waals surface area contributed by atoms with E-state index in [4.69, 9.17) is 10.5 Å². The number of nitrogens with zero attached hydrogens (tertiary/aromatic N) is 5. The van der Waals surface area contributed by atoms with Gasteiger partial charge in [0.1, 0.15) is 17.6 Å². The smallest absolute Gasteiger partial charge is 0.254 e. The molecule has 0 aliphatic rings. The molecule has 9 heteroatoms. The molecule has 1 atom stereocenters. The Bertz CT molecular complexity index is 1110. The second-order valence-corrected chi connectivity index (χ2v) is 8.56. The standard InChI is InChI=1S/C24H31FN6O2/c1-6-17-9-22(23(26)27-11-17)33-16(4)21-10-18(25)7-8-20(21)24(32)30(5)13-19-14-31(29-28-19)12-15(2)3/h7-11,14-16H,6,12-13H2,1-5H3,(H2,26,27). The quantitative estimate of drug-likeness (QED) is 0.524. The average molecular weight is 455 g/mol. The largest absolute Gasteiger partial charge is 0.482 e. The van der Waals surface area contributed by atoms with Gasteiger partial charge >= 0.3 is 0 Å². The van der Waals surface area contributed by atoms with Crippen molar-refractivity contribution in [3.63, 3.8) is 0 Å². The molecule has 176 valence electrons. The number of nitrogens with two attached hydrogens (primary N) is 1. The van der Waals surface area contributed by atoms with Crippen LogP contribution in [0.2, 0.25) is 0 Å². The predicted molar refractivity (Wildman–Crippen MR) is 124 cm³/mol. The molecule has 0 aliphatic carbocycles. The van der Waals surface area contributed by atoms with Gasteiger partial charge in [-0.25, -0.2) is 9.37 Å². The van der Waals surface area contributed by atoms with Crippen molar-refractivity contribution in [2.45, 2.75) is 53.3 Å². The molecule has 2 N–H and O–H groups in total. The number of hydrogen-bond acceptors (Lipinski definition) is 6. The van der Waals surface area contributed by atoms with Crippen LogP contribution in [-0.2, 0) is 19.5 Å². The van der Waals surface area contributed by atoms with Crippen LogP contribution in [0.25, 0.3) is 0 Å². The van der Waals surface area contributed by atoms with Crippen molar-refractivity contribution in [3.8, 4) is 5.75 Å². The number of ether oxygens (including phenoxy) is 1. The molecule has 0 aliphatic heterocycles. The van der Waals surface area contributed by atoms with Gasteiger partial charge in [0.05, 0.1) is 12.7 Å². The lowest BCUT2D eigenvalue weighted by Crippen LogP contribution is -2.28. The summed E-state index contributed by atoms with van der Waals surface area (Å²) in [7, 11) is 1.68. The number of aryl methyl sites for hydroxylation is 1. The van der Waals surface area contributed by atoms with Crippen LogP contribution in [0.3, 0.4) is 0 Å². The Balaban J connectivity index is 1.81. The summed E-state index contributed by atoms with van der Waals surface area (Å²) in [5.74, 6) is 0.353. The van der Waals surface area contributed by atoms with Crippen molar-refractivity contribution in [2.24, 2.45) is 5.92 Å². The molecule has 1 aromatic carbocycles. The fraction of sp³-hybridized carbons (Fsp3) is 0.417. The topological polar surface area (TPSA) is 99.2 Å². The fourth-order valence-electron chi connectivity index (χ4n) is 3.50. The van der Waals surface area contributed by atoms with Gasteiger partial charge in [-0.3, -0.25) is 9.48 Å². The molecule has 1 unspecified atom stereocenters. The van der Waals surface area contributed by atoms with E-state index in [0.717, 1.165) is 18.5 Å². The van der Waals surface area contributed by atoms with E-state index in [2.05, 4.69) is 29.1 Å². The third-order valence-corrected chi connectivity index (χ3v) is 5.22. The van der Waals surface area contributed by atoms with E-state index < -0.39 is 11.9 Å². The van der Waals surface area contributed by atoms with Crippen molar-refractivity contribution < 1.29 is 13.9 Å². The van der Waals surface area contributed by atoms with Gasteiger partial charge in [0.15, 0.2) is 11.6 Å². The average Bonchev–Trinajstić information content (AvgIpc) is 3.20. The first-order valence-corrected chi connectivity index (χ1v) is 11.0. The van der Waals surface area contributed by atoms with E-state index in [1.54, 1.807) is 24.9 Å². The molecule has 0 bridgehead atoms.